The van der Waals surface area contributed by atoms with E-state index in [9.17, 15) is 14.0 Å². The van der Waals surface area contributed by atoms with Crippen LogP contribution < -0.4 is 11.1 Å². The van der Waals surface area contributed by atoms with E-state index in [1.54, 1.807) is 11.9 Å². The van der Waals surface area contributed by atoms with Crippen molar-refractivity contribution in [1.29, 1.82) is 0 Å². The van der Waals surface area contributed by atoms with Crippen LogP contribution in [0.25, 0.3) is 0 Å². The molecule has 6 heteroatoms. The molecule has 1 saturated heterocycles. The Morgan fingerprint density at radius 2 is 2.26 bits per heavy atom. The van der Waals surface area contributed by atoms with E-state index in [-0.39, 0.29) is 23.2 Å². The number of nitrogens with two attached hydrogens (primary N) is 1. The number of piperidine rings is 1. The second-order valence-corrected chi connectivity index (χ2v) is 4.68. The average Bonchev–Trinajstić information content (AvgIpc) is 2.37. The zero-order chi connectivity index (χ0) is 14.0. The summed E-state index contributed by atoms with van der Waals surface area (Å²) >= 11 is 0. The molecule has 1 aromatic carbocycles. The first kappa shape index (κ1) is 13.3. The fraction of sp³-hybridized carbons (Fsp3) is 0.385. The van der Waals surface area contributed by atoms with Crippen LogP contribution in [-0.4, -0.2) is 36.3 Å². The normalized spacial score (nSPS) is 19.4. The smallest absolute Gasteiger partial charge is 0.253 e. The molecule has 1 atom stereocenters. The van der Waals surface area contributed by atoms with Gasteiger partial charge in [-0.15, -0.1) is 0 Å². The van der Waals surface area contributed by atoms with Crippen LogP contribution in [0, 0.1) is 5.82 Å². The molecule has 0 saturated carbocycles. The summed E-state index contributed by atoms with van der Waals surface area (Å²) in [4.78, 5) is 24.9. The number of likely N-dealkylation sites (tertiary alicyclic amines) is 1. The molecule has 1 unspecified atom stereocenters. The molecular formula is C13H16FN3O2. The van der Waals surface area contributed by atoms with E-state index in [0.717, 1.165) is 0 Å². The topological polar surface area (TPSA) is 75.4 Å². The number of likely N-dealkylation sites (N-methyl/N-ethyl adjacent to an activating group) is 1. The van der Waals surface area contributed by atoms with Crippen LogP contribution >= 0.6 is 0 Å². The number of carbonyl (C=O) groups excluding carboxylic acids is 2. The van der Waals surface area contributed by atoms with E-state index in [1.807, 2.05) is 0 Å². The molecule has 1 aromatic rings. The van der Waals surface area contributed by atoms with Crippen molar-refractivity contribution in [2.24, 2.45) is 0 Å². The number of hydrogen-bond acceptors (Lipinski definition) is 3. The Morgan fingerprint density at radius 1 is 1.53 bits per heavy atom. The van der Waals surface area contributed by atoms with Crippen molar-refractivity contribution in [2.45, 2.75) is 18.9 Å². The predicted octanol–water partition coefficient (Wildman–Crippen LogP) is 0.758. The maximum atomic E-state index is 13.3. The van der Waals surface area contributed by atoms with E-state index in [0.29, 0.717) is 19.4 Å². The molecule has 1 heterocycles. The highest BCUT2D eigenvalue weighted by atomic mass is 19.1. The number of anilines is 1. The van der Waals surface area contributed by atoms with Gasteiger partial charge in [0, 0.05) is 26.1 Å². The summed E-state index contributed by atoms with van der Waals surface area (Å²) in [5.41, 5.74) is 5.51. The first-order valence-electron chi connectivity index (χ1n) is 6.08. The fourth-order valence-corrected chi connectivity index (χ4v) is 2.13. The Hall–Kier alpha value is -2.11. The van der Waals surface area contributed by atoms with Gasteiger partial charge in [0.1, 0.15) is 5.82 Å². The average molecular weight is 265 g/mol. The van der Waals surface area contributed by atoms with Crippen molar-refractivity contribution in [3.8, 4) is 0 Å². The number of amides is 2. The Morgan fingerprint density at radius 3 is 2.95 bits per heavy atom. The SMILES string of the molecule is CN1CC(NC(=O)c2cccc(F)c2N)CCC1=O. The lowest BCUT2D eigenvalue weighted by atomic mass is 10.0. The van der Waals surface area contributed by atoms with Gasteiger partial charge in [0.2, 0.25) is 5.91 Å². The van der Waals surface area contributed by atoms with Crippen molar-refractivity contribution < 1.29 is 14.0 Å². The second-order valence-electron chi connectivity index (χ2n) is 4.68. The zero-order valence-corrected chi connectivity index (χ0v) is 10.6. The van der Waals surface area contributed by atoms with Crippen LogP contribution in [0.2, 0.25) is 0 Å². The lowest BCUT2D eigenvalue weighted by Crippen LogP contribution is -2.48. The Balaban J connectivity index is 2.05. The van der Waals surface area contributed by atoms with Gasteiger partial charge in [0.15, 0.2) is 0 Å². The minimum atomic E-state index is -0.608. The highest BCUT2D eigenvalue weighted by Crippen LogP contribution is 2.17. The van der Waals surface area contributed by atoms with Gasteiger partial charge in [-0.3, -0.25) is 9.59 Å². The Bertz CT molecular complexity index is 519. The number of benzene rings is 1. The molecule has 1 aliphatic rings. The van der Waals surface area contributed by atoms with Gasteiger partial charge in [-0.2, -0.15) is 0 Å². The number of para-hydroxylation sites is 1. The highest BCUT2D eigenvalue weighted by molar-refractivity contribution is 5.99. The summed E-state index contributed by atoms with van der Waals surface area (Å²) in [7, 11) is 1.69. The molecule has 19 heavy (non-hydrogen) atoms. The summed E-state index contributed by atoms with van der Waals surface area (Å²) in [5.74, 6) is -0.955. The summed E-state index contributed by atoms with van der Waals surface area (Å²) in [6.07, 6.45) is 0.990. The van der Waals surface area contributed by atoms with Crippen LogP contribution in [-0.2, 0) is 4.79 Å². The molecule has 0 aliphatic carbocycles. The van der Waals surface area contributed by atoms with Gasteiger partial charge in [0.25, 0.3) is 5.91 Å². The summed E-state index contributed by atoms with van der Waals surface area (Å²) in [6.45, 7) is 0.458. The third kappa shape index (κ3) is 2.83. The lowest BCUT2D eigenvalue weighted by Gasteiger charge is -2.30. The molecule has 0 bridgehead atoms. The van der Waals surface area contributed by atoms with E-state index < -0.39 is 11.7 Å². The number of carbonyl (C=O) groups is 2. The number of halogens is 1. The first-order valence-corrected chi connectivity index (χ1v) is 6.08. The molecule has 1 fully saturated rings. The molecule has 0 aromatic heterocycles. The molecule has 102 valence electrons. The number of nitrogens with one attached hydrogen (secondary N) is 1. The molecule has 3 N–H and O–H groups in total. The van der Waals surface area contributed by atoms with Crippen molar-refractivity contribution >= 4 is 17.5 Å². The third-order valence-corrected chi connectivity index (χ3v) is 3.26. The lowest BCUT2D eigenvalue weighted by molar-refractivity contribution is -0.132. The van der Waals surface area contributed by atoms with Crippen molar-refractivity contribution in [2.75, 3.05) is 19.3 Å². The standard InChI is InChI=1S/C13H16FN3O2/c1-17-7-8(5-6-11(17)18)16-13(19)9-3-2-4-10(14)12(9)15/h2-4,8H,5-7,15H2,1H3,(H,16,19). The molecule has 2 amide bonds. The minimum absolute atomic E-state index is 0.0655. The number of rotatable bonds is 2. The van der Waals surface area contributed by atoms with Crippen LogP contribution in [0.1, 0.15) is 23.2 Å². The third-order valence-electron chi connectivity index (χ3n) is 3.26. The predicted molar refractivity (Wildman–Crippen MR) is 68.9 cm³/mol. The van der Waals surface area contributed by atoms with Gasteiger partial charge in [-0.25, -0.2) is 4.39 Å². The van der Waals surface area contributed by atoms with Gasteiger partial charge in [-0.05, 0) is 18.6 Å². The molecular weight excluding hydrogens is 249 g/mol. The van der Waals surface area contributed by atoms with E-state index in [2.05, 4.69) is 5.32 Å². The Labute approximate surface area is 110 Å². The quantitative estimate of drug-likeness (QED) is 0.775. The maximum absolute atomic E-state index is 13.3. The van der Waals surface area contributed by atoms with E-state index >= 15 is 0 Å². The number of nitrogen functional groups attached to an aromatic ring is 1. The van der Waals surface area contributed by atoms with Crippen LogP contribution in [0.5, 0.6) is 0 Å². The molecule has 5 nitrogen and oxygen atoms in total. The number of nitrogens with zero attached hydrogens (tertiary/aromatic N) is 1. The molecule has 1 aliphatic heterocycles. The molecule has 2 rings (SSSR count). The Kier molecular flexibility index (Phi) is 3.69. The van der Waals surface area contributed by atoms with Gasteiger partial charge in [-0.1, -0.05) is 6.07 Å². The summed E-state index contributed by atoms with van der Waals surface area (Å²) in [6, 6.07) is 4.00. The van der Waals surface area contributed by atoms with Crippen molar-refractivity contribution in [3.63, 3.8) is 0 Å². The highest BCUT2D eigenvalue weighted by Gasteiger charge is 2.25. The maximum Gasteiger partial charge on any atom is 0.253 e. The second kappa shape index (κ2) is 5.26. The molecule has 0 radical (unpaired) electrons. The van der Waals surface area contributed by atoms with E-state index in [4.69, 9.17) is 5.73 Å². The van der Waals surface area contributed by atoms with Gasteiger partial charge >= 0.3 is 0 Å². The summed E-state index contributed by atoms with van der Waals surface area (Å²) in [5, 5.41) is 2.77. The van der Waals surface area contributed by atoms with Crippen LogP contribution in [0.3, 0.4) is 0 Å². The zero-order valence-electron chi connectivity index (χ0n) is 10.6. The van der Waals surface area contributed by atoms with Gasteiger partial charge in [0.05, 0.1) is 11.3 Å². The summed E-state index contributed by atoms with van der Waals surface area (Å²) < 4.78 is 13.3. The first-order chi connectivity index (χ1) is 8.99. The van der Waals surface area contributed by atoms with Crippen molar-refractivity contribution in [1.82, 2.24) is 10.2 Å². The van der Waals surface area contributed by atoms with Crippen LogP contribution in [0.4, 0.5) is 10.1 Å². The molecule has 0 spiro atoms. The van der Waals surface area contributed by atoms with E-state index in [1.165, 1.54) is 18.2 Å². The van der Waals surface area contributed by atoms with Crippen molar-refractivity contribution in [3.05, 3.63) is 29.6 Å². The largest absolute Gasteiger partial charge is 0.396 e. The van der Waals surface area contributed by atoms with Crippen LogP contribution in [0.15, 0.2) is 18.2 Å². The van der Waals surface area contributed by atoms with Gasteiger partial charge < -0.3 is 16.0 Å². The monoisotopic (exact) mass is 265 g/mol. The fourth-order valence-electron chi connectivity index (χ4n) is 2.13. The minimum Gasteiger partial charge on any atom is -0.396 e. The number of hydrogen-bond donors (Lipinski definition) is 2.